The molecule has 0 aliphatic carbocycles. The summed E-state index contributed by atoms with van der Waals surface area (Å²) in [5.74, 6) is 0.441. The van der Waals surface area contributed by atoms with Crippen LogP contribution < -0.4 is 5.32 Å². The predicted octanol–water partition coefficient (Wildman–Crippen LogP) is 2.09. The highest BCUT2D eigenvalue weighted by atomic mass is 16.1. The molecule has 0 saturated carbocycles. The molecule has 1 amide bonds. The van der Waals surface area contributed by atoms with Crippen molar-refractivity contribution in [1.29, 1.82) is 0 Å². The molecule has 1 aromatic heterocycles. The van der Waals surface area contributed by atoms with Gasteiger partial charge in [-0.05, 0) is 50.5 Å². The van der Waals surface area contributed by atoms with Crippen LogP contribution in [0.1, 0.15) is 30.3 Å². The number of carbonyl (C=O) groups excluding carboxylic acids is 1. The summed E-state index contributed by atoms with van der Waals surface area (Å²) < 4.78 is 0. The largest absolute Gasteiger partial charge is 0.350 e. The Kier molecular flexibility index (Phi) is 4.63. The van der Waals surface area contributed by atoms with Gasteiger partial charge in [-0.15, -0.1) is 0 Å². The number of carbonyl (C=O) groups is 1. The molecule has 1 N–H and O–H groups in total. The number of benzene rings is 1. The Morgan fingerprint density at radius 3 is 2.73 bits per heavy atom. The molecule has 0 bridgehead atoms. The highest BCUT2D eigenvalue weighted by Crippen LogP contribution is 2.16. The van der Waals surface area contributed by atoms with E-state index in [1.54, 1.807) is 6.20 Å². The zero-order valence-corrected chi connectivity index (χ0v) is 13.0. The molecule has 0 spiro atoms. The van der Waals surface area contributed by atoms with Gasteiger partial charge in [0.25, 0.3) is 5.91 Å². The Labute approximate surface area is 130 Å². The smallest absolute Gasteiger partial charge is 0.271 e. The zero-order chi connectivity index (χ0) is 15.4. The van der Waals surface area contributed by atoms with E-state index in [-0.39, 0.29) is 5.91 Å². The predicted molar refractivity (Wildman–Crippen MR) is 86.7 cm³/mol. The molecule has 0 unspecified atom stereocenters. The second-order valence-electron chi connectivity index (χ2n) is 5.83. The van der Waals surface area contributed by atoms with Crippen molar-refractivity contribution in [1.82, 2.24) is 20.2 Å². The summed E-state index contributed by atoms with van der Waals surface area (Å²) in [7, 11) is 0. The van der Waals surface area contributed by atoms with Gasteiger partial charge in [0.05, 0.1) is 17.2 Å². The molecule has 5 nitrogen and oxygen atoms in total. The van der Waals surface area contributed by atoms with E-state index in [9.17, 15) is 4.79 Å². The maximum absolute atomic E-state index is 12.2. The first-order valence-corrected chi connectivity index (χ1v) is 7.98. The monoisotopic (exact) mass is 298 g/mol. The van der Waals surface area contributed by atoms with E-state index in [1.165, 1.54) is 0 Å². The van der Waals surface area contributed by atoms with Crippen LogP contribution in [-0.4, -0.2) is 47.0 Å². The van der Waals surface area contributed by atoms with E-state index < -0.39 is 0 Å². The minimum absolute atomic E-state index is 0.129. The third-order valence-electron chi connectivity index (χ3n) is 4.39. The van der Waals surface area contributed by atoms with Crippen LogP contribution >= 0.6 is 0 Å². The Morgan fingerprint density at radius 2 is 2.00 bits per heavy atom. The van der Waals surface area contributed by atoms with Crippen molar-refractivity contribution in [3.63, 3.8) is 0 Å². The van der Waals surface area contributed by atoms with Crippen LogP contribution in [0.2, 0.25) is 0 Å². The second kappa shape index (κ2) is 6.83. The number of amides is 1. The number of aromatic nitrogens is 2. The fourth-order valence-corrected chi connectivity index (χ4v) is 2.90. The van der Waals surface area contributed by atoms with Crippen molar-refractivity contribution in [2.24, 2.45) is 5.92 Å². The van der Waals surface area contributed by atoms with Crippen LogP contribution in [-0.2, 0) is 0 Å². The molecule has 0 atom stereocenters. The Balaban J connectivity index is 1.57. The Bertz CT molecular complexity index is 650. The van der Waals surface area contributed by atoms with Crippen LogP contribution in [0, 0.1) is 5.92 Å². The first-order chi connectivity index (χ1) is 10.8. The summed E-state index contributed by atoms with van der Waals surface area (Å²) in [5.41, 5.74) is 1.96. The molecule has 0 radical (unpaired) electrons. The summed E-state index contributed by atoms with van der Waals surface area (Å²) in [4.78, 5) is 23.3. The molecule has 116 valence electrons. The number of rotatable bonds is 4. The Morgan fingerprint density at radius 1 is 1.27 bits per heavy atom. The van der Waals surface area contributed by atoms with E-state index in [2.05, 4.69) is 27.1 Å². The number of fused-ring (bicyclic) bond motifs is 1. The van der Waals surface area contributed by atoms with Crippen LogP contribution in [0.4, 0.5) is 0 Å². The quantitative estimate of drug-likeness (QED) is 0.939. The van der Waals surface area contributed by atoms with Gasteiger partial charge in [0.1, 0.15) is 5.69 Å². The fourth-order valence-electron chi connectivity index (χ4n) is 2.90. The van der Waals surface area contributed by atoms with Crippen LogP contribution in [0.5, 0.6) is 0 Å². The van der Waals surface area contributed by atoms with Gasteiger partial charge in [-0.3, -0.25) is 9.78 Å². The lowest BCUT2D eigenvalue weighted by atomic mass is 9.97. The molecule has 1 aliphatic rings. The molecule has 1 fully saturated rings. The number of nitrogens with zero attached hydrogens (tertiary/aromatic N) is 3. The number of likely N-dealkylation sites (tertiary alicyclic amines) is 1. The molecule has 5 heteroatoms. The average Bonchev–Trinajstić information content (AvgIpc) is 2.59. The van der Waals surface area contributed by atoms with E-state index in [4.69, 9.17) is 0 Å². The van der Waals surface area contributed by atoms with Crippen LogP contribution in [0.3, 0.4) is 0 Å². The third-order valence-corrected chi connectivity index (χ3v) is 4.39. The van der Waals surface area contributed by atoms with Crippen LogP contribution in [0.15, 0.2) is 30.5 Å². The van der Waals surface area contributed by atoms with Crippen molar-refractivity contribution in [2.45, 2.75) is 19.8 Å². The van der Waals surface area contributed by atoms with Crippen molar-refractivity contribution in [2.75, 3.05) is 26.2 Å². The summed E-state index contributed by atoms with van der Waals surface area (Å²) in [6.45, 7) is 6.30. The summed E-state index contributed by atoms with van der Waals surface area (Å²) in [6, 6.07) is 7.59. The normalized spacial score (nSPS) is 16.8. The lowest BCUT2D eigenvalue weighted by Gasteiger charge is -2.30. The highest BCUT2D eigenvalue weighted by Gasteiger charge is 2.19. The minimum atomic E-state index is -0.129. The van der Waals surface area contributed by atoms with Crippen molar-refractivity contribution in [3.8, 4) is 0 Å². The third kappa shape index (κ3) is 3.42. The van der Waals surface area contributed by atoms with Gasteiger partial charge in [-0.25, -0.2) is 4.98 Å². The molecule has 3 rings (SSSR count). The molecule has 22 heavy (non-hydrogen) atoms. The van der Waals surface area contributed by atoms with Crippen molar-refractivity contribution >= 4 is 16.9 Å². The average molecular weight is 298 g/mol. The first kappa shape index (κ1) is 14.9. The van der Waals surface area contributed by atoms with Crippen molar-refractivity contribution in [3.05, 3.63) is 36.2 Å². The number of nitrogens with one attached hydrogen (secondary N) is 1. The summed E-state index contributed by atoms with van der Waals surface area (Å²) in [5, 5.41) is 3.01. The van der Waals surface area contributed by atoms with E-state index >= 15 is 0 Å². The second-order valence-corrected chi connectivity index (χ2v) is 5.83. The van der Waals surface area contributed by atoms with Gasteiger partial charge < -0.3 is 10.2 Å². The minimum Gasteiger partial charge on any atom is -0.350 e. The Hall–Kier alpha value is -2.01. The highest BCUT2D eigenvalue weighted by molar-refractivity contribution is 5.93. The van der Waals surface area contributed by atoms with E-state index in [0.29, 0.717) is 11.6 Å². The molecule has 2 aromatic rings. The number of piperidine rings is 1. The molecule has 1 aliphatic heterocycles. The lowest BCUT2D eigenvalue weighted by molar-refractivity contribution is 0.0932. The van der Waals surface area contributed by atoms with E-state index in [0.717, 1.165) is 50.1 Å². The van der Waals surface area contributed by atoms with Gasteiger partial charge in [-0.1, -0.05) is 19.1 Å². The first-order valence-electron chi connectivity index (χ1n) is 7.98. The molecule has 1 saturated heterocycles. The SMILES string of the molecule is CCN1CCC(CNC(=O)c2cnc3ccccc3n2)CC1. The molecule has 2 heterocycles. The maximum Gasteiger partial charge on any atom is 0.271 e. The summed E-state index contributed by atoms with van der Waals surface area (Å²) >= 11 is 0. The number of para-hydroxylation sites is 2. The number of hydrogen-bond donors (Lipinski definition) is 1. The standard InChI is InChI=1S/C17H22N4O/c1-2-21-9-7-13(8-10-21)11-19-17(22)16-12-18-14-5-3-4-6-15(14)20-16/h3-6,12-13H,2,7-11H2,1H3,(H,19,22). The zero-order valence-electron chi connectivity index (χ0n) is 13.0. The van der Waals surface area contributed by atoms with Gasteiger partial charge in [0.15, 0.2) is 0 Å². The van der Waals surface area contributed by atoms with Gasteiger partial charge in [0.2, 0.25) is 0 Å². The lowest BCUT2D eigenvalue weighted by Crippen LogP contribution is -2.38. The molecule has 1 aromatic carbocycles. The van der Waals surface area contributed by atoms with Gasteiger partial charge in [-0.2, -0.15) is 0 Å². The van der Waals surface area contributed by atoms with Crippen molar-refractivity contribution < 1.29 is 4.79 Å². The van der Waals surface area contributed by atoms with Gasteiger partial charge >= 0.3 is 0 Å². The fraction of sp³-hybridized carbons (Fsp3) is 0.471. The topological polar surface area (TPSA) is 58.1 Å². The van der Waals surface area contributed by atoms with E-state index in [1.807, 2.05) is 24.3 Å². The molecular weight excluding hydrogens is 276 g/mol. The number of hydrogen-bond acceptors (Lipinski definition) is 4. The van der Waals surface area contributed by atoms with Gasteiger partial charge in [0, 0.05) is 6.54 Å². The maximum atomic E-state index is 12.2. The molecular formula is C17H22N4O. The van der Waals surface area contributed by atoms with Crippen LogP contribution in [0.25, 0.3) is 11.0 Å². The summed E-state index contributed by atoms with van der Waals surface area (Å²) in [6.07, 6.45) is 3.85.